The average molecular weight is 410 g/mol. The van der Waals surface area contributed by atoms with E-state index in [2.05, 4.69) is 53.6 Å². The van der Waals surface area contributed by atoms with Gasteiger partial charge in [0.15, 0.2) is 9.84 Å². The van der Waals surface area contributed by atoms with E-state index in [1.165, 1.54) is 20.2 Å². The van der Waals surface area contributed by atoms with Crippen molar-refractivity contribution in [2.45, 2.75) is 43.4 Å². The summed E-state index contributed by atoms with van der Waals surface area (Å²) < 4.78 is 28.1. The van der Waals surface area contributed by atoms with Gasteiger partial charge in [-0.2, -0.15) is 0 Å². The molecule has 3 nitrogen and oxygen atoms in total. The highest BCUT2D eigenvalue weighted by molar-refractivity contribution is 7.93. The fourth-order valence-electron chi connectivity index (χ4n) is 4.64. The second-order valence-corrected chi connectivity index (χ2v) is 11.8. The summed E-state index contributed by atoms with van der Waals surface area (Å²) in [7, 11) is -3.12. The number of rotatable bonds is 1. The van der Waals surface area contributed by atoms with E-state index in [-0.39, 0.29) is 5.75 Å². The number of hydrogen-bond acceptors (Lipinski definition) is 4. The first-order chi connectivity index (χ1) is 13.4. The summed E-state index contributed by atoms with van der Waals surface area (Å²) in [6, 6.07) is 12.7. The lowest BCUT2D eigenvalue weighted by molar-refractivity contribution is 0.258. The van der Waals surface area contributed by atoms with E-state index in [0.717, 1.165) is 30.4 Å². The van der Waals surface area contributed by atoms with Gasteiger partial charge in [-0.05, 0) is 62.6 Å². The van der Waals surface area contributed by atoms with E-state index < -0.39 is 20.1 Å². The molecule has 1 aliphatic carbocycles. The first-order valence-electron chi connectivity index (χ1n) is 9.73. The molecule has 2 fully saturated rings. The summed E-state index contributed by atoms with van der Waals surface area (Å²) >= 11 is 1.77. The minimum Gasteiger partial charge on any atom is -0.305 e. The van der Waals surface area contributed by atoms with Crippen LogP contribution >= 0.6 is 11.3 Å². The van der Waals surface area contributed by atoms with Crippen LogP contribution in [0.25, 0.3) is 20.2 Å². The molecule has 144 valence electrons. The van der Waals surface area contributed by atoms with E-state index in [1.54, 1.807) is 11.3 Å². The number of benzene rings is 2. The van der Waals surface area contributed by atoms with Gasteiger partial charge in [0.1, 0.15) is 0 Å². The standard InChI is InChI=1S/C23H23NO2S2/c1-3-5-16-6-8-20-18(12-16)19-13-17(7-9-21(19)27-20)22(2)15-28(25,26)23(14-24-22)10-4-11-23/h6-9,12-13,24H,4,10-11,14-15H2,1-2H3. The topological polar surface area (TPSA) is 46.2 Å². The Balaban J connectivity index is 1.61. The summed E-state index contributed by atoms with van der Waals surface area (Å²) in [4.78, 5) is 0. The molecule has 1 aromatic heterocycles. The zero-order valence-electron chi connectivity index (χ0n) is 16.1. The van der Waals surface area contributed by atoms with Gasteiger partial charge in [-0.3, -0.25) is 0 Å². The maximum Gasteiger partial charge on any atom is 0.159 e. The molecule has 2 aromatic carbocycles. The van der Waals surface area contributed by atoms with E-state index in [9.17, 15) is 8.42 Å². The van der Waals surface area contributed by atoms with Crippen LogP contribution in [0.5, 0.6) is 0 Å². The maximum absolute atomic E-state index is 13.1. The first-order valence-corrected chi connectivity index (χ1v) is 12.2. The minimum atomic E-state index is -3.12. The highest BCUT2D eigenvalue weighted by atomic mass is 32.2. The fraction of sp³-hybridized carbons (Fsp3) is 0.391. The number of fused-ring (bicyclic) bond motifs is 3. The number of sulfone groups is 1. The summed E-state index contributed by atoms with van der Waals surface area (Å²) in [5.74, 6) is 6.26. The van der Waals surface area contributed by atoms with Crippen molar-refractivity contribution >= 4 is 41.3 Å². The van der Waals surface area contributed by atoms with Gasteiger partial charge in [0.25, 0.3) is 0 Å². The number of nitrogens with one attached hydrogen (secondary N) is 1. The fourth-order valence-corrected chi connectivity index (χ4v) is 8.24. The van der Waals surface area contributed by atoms with E-state index in [0.29, 0.717) is 6.54 Å². The van der Waals surface area contributed by atoms with Crippen LogP contribution in [0.2, 0.25) is 0 Å². The third-order valence-corrected chi connectivity index (χ3v) is 10.6. The van der Waals surface area contributed by atoms with Crippen molar-refractivity contribution in [1.29, 1.82) is 0 Å². The van der Waals surface area contributed by atoms with E-state index in [4.69, 9.17) is 0 Å². The molecule has 2 heterocycles. The van der Waals surface area contributed by atoms with Crippen LogP contribution in [0.15, 0.2) is 36.4 Å². The Hall–Kier alpha value is -1.87. The molecule has 1 saturated carbocycles. The largest absolute Gasteiger partial charge is 0.305 e. The molecule has 1 atom stereocenters. The molecule has 0 radical (unpaired) electrons. The van der Waals surface area contributed by atoms with Crippen LogP contribution in [0.3, 0.4) is 0 Å². The average Bonchev–Trinajstić information content (AvgIpc) is 2.97. The van der Waals surface area contributed by atoms with Crippen molar-refractivity contribution in [3.63, 3.8) is 0 Å². The maximum atomic E-state index is 13.1. The van der Waals surface area contributed by atoms with Crippen LogP contribution in [0.4, 0.5) is 0 Å². The highest BCUT2D eigenvalue weighted by Gasteiger charge is 2.55. The minimum absolute atomic E-state index is 0.167. The lowest BCUT2D eigenvalue weighted by Gasteiger charge is -2.50. The molecule has 0 bridgehead atoms. The van der Waals surface area contributed by atoms with Crippen LogP contribution in [0, 0.1) is 11.8 Å². The Bertz CT molecular complexity index is 1270. The molecule has 1 saturated heterocycles. The van der Waals surface area contributed by atoms with Gasteiger partial charge >= 0.3 is 0 Å². The van der Waals surface area contributed by atoms with Crippen molar-refractivity contribution in [3.8, 4) is 11.8 Å². The molecule has 1 spiro atoms. The molecule has 1 N–H and O–H groups in total. The number of hydrogen-bond donors (Lipinski definition) is 1. The predicted molar refractivity (Wildman–Crippen MR) is 118 cm³/mol. The summed E-state index contributed by atoms with van der Waals surface area (Å²) in [5, 5.41) is 5.98. The van der Waals surface area contributed by atoms with Gasteiger partial charge in [0.2, 0.25) is 0 Å². The van der Waals surface area contributed by atoms with Crippen LogP contribution in [-0.4, -0.2) is 25.5 Å². The zero-order valence-corrected chi connectivity index (χ0v) is 17.8. The molecule has 1 unspecified atom stereocenters. The van der Waals surface area contributed by atoms with Gasteiger partial charge < -0.3 is 5.32 Å². The second kappa shape index (κ2) is 6.06. The second-order valence-electron chi connectivity index (χ2n) is 8.38. The van der Waals surface area contributed by atoms with Gasteiger partial charge in [-0.15, -0.1) is 17.3 Å². The zero-order chi connectivity index (χ0) is 19.6. The van der Waals surface area contributed by atoms with Crippen LogP contribution < -0.4 is 5.32 Å². The van der Waals surface area contributed by atoms with Crippen molar-refractivity contribution in [1.82, 2.24) is 5.32 Å². The number of thiophene rings is 1. The predicted octanol–water partition coefficient (Wildman–Crippen LogP) is 4.58. The summed E-state index contributed by atoms with van der Waals surface area (Å²) in [6.07, 6.45) is 2.62. The first kappa shape index (κ1) is 18.2. The van der Waals surface area contributed by atoms with Crippen molar-refractivity contribution in [3.05, 3.63) is 47.5 Å². The molecule has 5 rings (SSSR count). The molecule has 3 aromatic rings. The van der Waals surface area contributed by atoms with Crippen molar-refractivity contribution in [2.75, 3.05) is 12.3 Å². The molecular formula is C23H23NO2S2. The Morgan fingerprint density at radius 1 is 1.07 bits per heavy atom. The van der Waals surface area contributed by atoms with Crippen LogP contribution in [-0.2, 0) is 15.4 Å². The molecule has 0 amide bonds. The highest BCUT2D eigenvalue weighted by Crippen LogP contribution is 2.45. The molecule has 5 heteroatoms. The quantitative estimate of drug-likeness (QED) is 0.598. The lowest BCUT2D eigenvalue weighted by atomic mass is 9.82. The van der Waals surface area contributed by atoms with Gasteiger partial charge in [0, 0.05) is 32.3 Å². The monoisotopic (exact) mass is 409 g/mol. The third-order valence-electron chi connectivity index (χ3n) is 6.58. The van der Waals surface area contributed by atoms with Gasteiger partial charge in [-0.25, -0.2) is 8.42 Å². The van der Waals surface area contributed by atoms with Crippen LogP contribution in [0.1, 0.15) is 44.2 Å². The lowest BCUT2D eigenvalue weighted by Crippen LogP contribution is -2.65. The molecule has 1 aliphatic heterocycles. The Morgan fingerprint density at radius 2 is 1.79 bits per heavy atom. The smallest absolute Gasteiger partial charge is 0.159 e. The normalized spacial score (nSPS) is 25.4. The SMILES string of the molecule is CC#Cc1ccc2sc3ccc(C4(C)CS(=O)(=O)C5(CCC5)CN4)cc3c2c1. The van der Waals surface area contributed by atoms with Crippen molar-refractivity contribution in [2.24, 2.45) is 0 Å². The Labute approximate surface area is 170 Å². The third kappa shape index (κ3) is 2.55. The molecular weight excluding hydrogens is 386 g/mol. The summed E-state index contributed by atoms with van der Waals surface area (Å²) in [6.45, 7) is 4.43. The van der Waals surface area contributed by atoms with Crippen molar-refractivity contribution < 1.29 is 8.42 Å². The molecule has 2 aliphatic rings. The van der Waals surface area contributed by atoms with Gasteiger partial charge in [-0.1, -0.05) is 18.4 Å². The Morgan fingerprint density at radius 3 is 2.43 bits per heavy atom. The van der Waals surface area contributed by atoms with Gasteiger partial charge in [0.05, 0.1) is 16.0 Å². The Kier molecular flexibility index (Phi) is 3.94. The summed E-state index contributed by atoms with van der Waals surface area (Å²) in [5.41, 5.74) is 1.50. The van der Waals surface area contributed by atoms with E-state index in [1.807, 2.05) is 13.8 Å². The van der Waals surface area contributed by atoms with E-state index >= 15 is 0 Å². The molecule has 28 heavy (non-hydrogen) atoms.